The Labute approximate surface area is 239 Å². The summed E-state index contributed by atoms with van der Waals surface area (Å²) in [7, 11) is 0. The van der Waals surface area contributed by atoms with E-state index >= 15 is 0 Å². The maximum absolute atomic E-state index is 13.2. The number of benzene rings is 2. The number of allylic oxidation sites excluding steroid dienone is 3. The van der Waals surface area contributed by atoms with Crippen LogP contribution in [-0.4, -0.2) is 23.5 Å². The summed E-state index contributed by atoms with van der Waals surface area (Å²) in [6.45, 7) is 17.2. The van der Waals surface area contributed by atoms with Gasteiger partial charge in [-0.2, -0.15) is 0 Å². The van der Waals surface area contributed by atoms with Crippen LogP contribution in [0.5, 0.6) is 11.5 Å². The summed E-state index contributed by atoms with van der Waals surface area (Å²) >= 11 is 0. The Hall–Kier alpha value is -3.87. The standard InChI is InChI=1S/C31H39FN2O4.C2H6/c1-7-15-33-30(21(4)9-10-22(5)32)31(37)34-23(6)26-16-20(3)17-28(19-26)38-27-13-11-25(12-14-29(35)36)24(8-2)18-27;1-2/h7,10-11,13,16-19,23,33H,1,8-9,12,14-15H2,2-6H3,(H,34,37)(H,35,36);1-2H3/b22-10+,30-21-;. The lowest BCUT2D eigenvalue weighted by atomic mass is 10.0. The molecule has 0 bridgehead atoms. The largest absolute Gasteiger partial charge is 0.481 e. The summed E-state index contributed by atoms with van der Waals surface area (Å²) in [6, 6.07) is 11.2. The summed E-state index contributed by atoms with van der Waals surface area (Å²) in [5.41, 5.74) is 5.03. The van der Waals surface area contributed by atoms with E-state index in [-0.39, 0.29) is 24.2 Å². The van der Waals surface area contributed by atoms with Gasteiger partial charge in [0.25, 0.3) is 5.91 Å². The normalized spacial score (nSPS) is 12.3. The third-order valence-corrected chi connectivity index (χ3v) is 6.09. The van der Waals surface area contributed by atoms with Crippen molar-refractivity contribution in [2.24, 2.45) is 0 Å². The molecule has 0 saturated carbocycles. The topological polar surface area (TPSA) is 87.7 Å². The van der Waals surface area contributed by atoms with Gasteiger partial charge in [0.1, 0.15) is 11.5 Å². The number of halogens is 1. The molecule has 2 aromatic carbocycles. The van der Waals surface area contributed by atoms with E-state index in [9.17, 15) is 14.0 Å². The van der Waals surface area contributed by atoms with Gasteiger partial charge in [-0.15, -0.1) is 6.58 Å². The molecule has 1 unspecified atom stereocenters. The van der Waals surface area contributed by atoms with Gasteiger partial charge >= 0.3 is 5.97 Å². The van der Waals surface area contributed by atoms with Gasteiger partial charge in [0.05, 0.1) is 17.6 Å². The summed E-state index contributed by atoms with van der Waals surface area (Å²) in [4.78, 5) is 24.1. The fraction of sp³-hybridized carbons (Fsp3) is 0.394. The SMILES string of the molecule is C=CCN/C(C(=O)NC(C)c1cc(C)cc(Oc2ccc(CCC(=O)O)c(CC)c2)c1)=C(/C)C/C=C(\C)F.CC. The molecule has 0 aliphatic carbocycles. The van der Waals surface area contributed by atoms with Gasteiger partial charge in [0.2, 0.25) is 0 Å². The lowest BCUT2D eigenvalue weighted by molar-refractivity contribution is -0.137. The van der Waals surface area contributed by atoms with Crippen LogP contribution in [0.4, 0.5) is 4.39 Å². The van der Waals surface area contributed by atoms with E-state index in [4.69, 9.17) is 9.84 Å². The highest BCUT2D eigenvalue weighted by atomic mass is 19.1. The predicted octanol–water partition coefficient (Wildman–Crippen LogP) is 7.88. The molecule has 1 amide bonds. The maximum atomic E-state index is 13.2. The Bertz CT molecular complexity index is 1210. The third kappa shape index (κ3) is 11.5. The molecule has 0 heterocycles. The zero-order valence-electron chi connectivity index (χ0n) is 25.0. The first-order valence-electron chi connectivity index (χ1n) is 13.8. The third-order valence-electron chi connectivity index (χ3n) is 6.09. The van der Waals surface area contributed by atoms with E-state index in [1.165, 1.54) is 13.0 Å². The van der Waals surface area contributed by atoms with Crippen molar-refractivity contribution in [1.29, 1.82) is 0 Å². The van der Waals surface area contributed by atoms with Crippen molar-refractivity contribution in [2.45, 2.75) is 80.2 Å². The van der Waals surface area contributed by atoms with Crippen LogP contribution in [0.15, 0.2) is 72.2 Å². The van der Waals surface area contributed by atoms with E-state index < -0.39 is 5.97 Å². The monoisotopic (exact) mass is 552 g/mol. The quantitative estimate of drug-likeness (QED) is 0.164. The second kappa shape index (κ2) is 17.7. The highest BCUT2D eigenvalue weighted by molar-refractivity contribution is 5.93. The number of hydrogen-bond donors (Lipinski definition) is 3. The van der Waals surface area contributed by atoms with E-state index in [0.717, 1.165) is 34.2 Å². The van der Waals surface area contributed by atoms with Crippen molar-refractivity contribution >= 4 is 11.9 Å². The smallest absolute Gasteiger partial charge is 0.303 e. The second-order valence-electron chi connectivity index (χ2n) is 9.37. The number of aryl methyl sites for hydroxylation is 3. The zero-order chi connectivity index (χ0) is 30.2. The first-order chi connectivity index (χ1) is 19.0. The number of carbonyl (C=O) groups excluding carboxylic acids is 1. The molecule has 218 valence electrons. The Morgan fingerprint density at radius 3 is 2.40 bits per heavy atom. The van der Waals surface area contributed by atoms with Gasteiger partial charge in [0.15, 0.2) is 0 Å². The summed E-state index contributed by atoms with van der Waals surface area (Å²) in [5, 5.41) is 15.1. The van der Waals surface area contributed by atoms with Gasteiger partial charge < -0.3 is 20.5 Å². The van der Waals surface area contributed by atoms with Crippen LogP contribution in [-0.2, 0) is 22.4 Å². The molecule has 1 atom stereocenters. The molecular weight excluding hydrogens is 507 g/mol. The molecule has 6 nitrogen and oxygen atoms in total. The number of aliphatic carboxylic acids is 1. The van der Waals surface area contributed by atoms with Crippen molar-refractivity contribution in [2.75, 3.05) is 6.54 Å². The highest BCUT2D eigenvalue weighted by Gasteiger charge is 2.17. The van der Waals surface area contributed by atoms with Crippen LogP contribution >= 0.6 is 0 Å². The van der Waals surface area contributed by atoms with Crippen molar-refractivity contribution < 1.29 is 23.8 Å². The van der Waals surface area contributed by atoms with Gasteiger partial charge in [-0.05, 0) is 105 Å². The summed E-state index contributed by atoms with van der Waals surface area (Å²) in [5.74, 6) is -0.0897. The van der Waals surface area contributed by atoms with Crippen LogP contribution < -0.4 is 15.4 Å². The molecule has 0 aliphatic rings. The number of amides is 1. The van der Waals surface area contributed by atoms with Gasteiger partial charge in [0, 0.05) is 13.0 Å². The average Bonchev–Trinajstić information content (AvgIpc) is 2.91. The Kier molecular flexibility index (Phi) is 15.1. The molecule has 0 saturated heterocycles. The molecule has 40 heavy (non-hydrogen) atoms. The van der Waals surface area contributed by atoms with E-state index in [1.807, 2.05) is 71.0 Å². The van der Waals surface area contributed by atoms with Gasteiger partial charge in [-0.1, -0.05) is 39.0 Å². The first-order valence-corrected chi connectivity index (χ1v) is 13.8. The predicted molar refractivity (Wildman–Crippen MR) is 161 cm³/mol. The second-order valence-corrected chi connectivity index (χ2v) is 9.37. The van der Waals surface area contributed by atoms with Gasteiger partial charge in [-0.25, -0.2) is 4.39 Å². The molecule has 0 aromatic heterocycles. The number of nitrogens with one attached hydrogen (secondary N) is 2. The average molecular weight is 553 g/mol. The molecule has 2 aromatic rings. The minimum atomic E-state index is -0.818. The molecule has 0 radical (unpaired) electrons. The molecule has 2 rings (SSSR count). The molecular formula is C33H45FN2O4. The minimum Gasteiger partial charge on any atom is -0.481 e. The van der Waals surface area contributed by atoms with Crippen LogP contribution in [0.1, 0.15) is 82.7 Å². The van der Waals surface area contributed by atoms with Crippen LogP contribution in [0.3, 0.4) is 0 Å². The lowest BCUT2D eigenvalue weighted by Crippen LogP contribution is -2.34. The van der Waals surface area contributed by atoms with E-state index in [0.29, 0.717) is 36.6 Å². The Morgan fingerprint density at radius 1 is 1.10 bits per heavy atom. The van der Waals surface area contributed by atoms with Crippen molar-refractivity contribution in [1.82, 2.24) is 10.6 Å². The van der Waals surface area contributed by atoms with Crippen LogP contribution in [0, 0.1) is 6.92 Å². The molecule has 3 N–H and O–H groups in total. The maximum Gasteiger partial charge on any atom is 0.303 e. The highest BCUT2D eigenvalue weighted by Crippen LogP contribution is 2.29. The van der Waals surface area contributed by atoms with E-state index in [2.05, 4.69) is 17.2 Å². The summed E-state index contributed by atoms with van der Waals surface area (Å²) in [6.07, 6.45) is 4.75. The van der Waals surface area contributed by atoms with E-state index in [1.54, 1.807) is 13.0 Å². The van der Waals surface area contributed by atoms with Crippen molar-refractivity contribution in [3.05, 3.63) is 94.5 Å². The van der Waals surface area contributed by atoms with Gasteiger partial charge in [-0.3, -0.25) is 9.59 Å². The first kappa shape index (κ1) is 34.2. The Balaban J connectivity index is 0.00000391. The number of carbonyl (C=O) groups is 2. The van der Waals surface area contributed by atoms with Crippen molar-refractivity contribution in [3.63, 3.8) is 0 Å². The molecule has 7 heteroatoms. The Morgan fingerprint density at radius 2 is 1.80 bits per heavy atom. The zero-order valence-corrected chi connectivity index (χ0v) is 25.0. The fourth-order valence-corrected chi connectivity index (χ4v) is 4.05. The number of carboxylic acids is 1. The number of rotatable bonds is 14. The number of hydrogen-bond acceptors (Lipinski definition) is 4. The molecule has 0 aliphatic heterocycles. The van der Waals surface area contributed by atoms with Crippen LogP contribution in [0.25, 0.3) is 0 Å². The number of carboxylic acid groups (broad SMARTS) is 1. The number of ether oxygens (including phenoxy) is 1. The van der Waals surface area contributed by atoms with Crippen molar-refractivity contribution in [3.8, 4) is 11.5 Å². The molecule has 0 spiro atoms. The fourth-order valence-electron chi connectivity index (χ4n) is 4.05. The lowest BCUT2D eigenvalue weighted by Gasteiger charge is -2.19. The van der Waals surface area contributed by atoms with Crippen LogP contribution in [0.2, 0.25) is 0 Å². The summed E-state index contributed by atoms with van der Waals surface area (Å²) < 4.78 is 19.4. The minimum absolute atomic E-state index is 0.0871. The molecule has 0 fully saturated rings.